The third-order valence-corrected chi connectivity index (χ3v) is 7.31. The van der Waals surface area contributed by atoms with Crippen molar-refractivity contribution < 1.29 is 22.3 Å². The number of alkyl halides is 3. The van der Waals surface area contributed by atoms with Gasteiger partial charge in [-0.2, -0.15) is 0 Å². The molecule has 222 valence electrons. The molecule has 1 nitrogen and oxygen atoms in total. The molecular formula is C39H32F4O. The topological polar surface area (TPSA) is 9.23 Å². The number of halogens is 4. The summed E-state index contributed by atoms with van der Waals surface area (Å²) in [5.41, 5.74) is 6.77. The third-order valence-electron chi connectivity index (χ3n) is 7.31. The first-order valence-corrected chi connectivity index (χ1v) is 14.6. The fourth-order valence-electron chi connectivity index (χ4n) is 5.03. The van der Waals surface area contributed by atoms with Gasteiger partial charge in [0.1, 0.15) is 11.6 Å². The van der Waals surface area contributed by atoms with Crippen LogP contribution in [-0.2, 0) is 6.42 Å². The second-order valence-electron chi connectivity index (χ2n) is 10.5. The lowest BCUT2D eigenvalue weighted by Gasteiger charge is -2.11. The molecule has 6 aromatic carbocycles. The fourth-order valence-corrected chi connectivity index (χ4v) is 5.03. The van der Waals surface area contributed by atoms with Gasteiger partial charge in [-0.05, 0) is 81.3 Å². The molecule has 0 saturated heterocycles. The summed E-state index contributed by atoms with van der Waals surface area (Å²) in [4.78, 5) is 0. The van der Waals surface area contributed by atoms with Crippen LogP contribution in [0.25, 0.3) is 44.2 Å². The molecule has 0 unspecified atom stereocenters. The molecule has 0 atom stereocenters. The molecule has 0 aliphatic heterocycles. The number of hydrogen-bond acceptors (Lipinski definition) is 1. The highest BCUT2D eigenvalue weighted by Crippen LogP contribution is 2.31. The molecule has 0 amide bonds. The molecule has 5 heteroatoms. The van der Waals surface area contributed by atoms with Gasteiger partial charge in [0, 0.05) is 5.56 Å². The summed E-state index contributed by atoms with van der Waals surface area (Å²) in [6.07, 6.45) is -1.74. The molecule has 0 aromatic heterocycles. The standard InChI is InChI=1S/C27H22F4O.C12H10/c1-2-3-4-18-5-14-25(26(28)15-18)20-8-6-19(7-9-20)21-10-11-23-17-24(32-27(29,30)31)13-12-22(23)16-21;1-3-7-11(8-4-1)12-9-5-2-6-10-12/h5-17H,2-4H2,1H3;1-10H. The molecule has 0 spiro atoms. The highest BCUT2D eigenvalue weighted by Gasteiger charge is 2.31. The average Bonchev–Trinajstić information content (AvgIpc) is 3.04. The quantitative estimate of drug-likeness (QED) is 0.168. The first-order valence-electron chi connectivity index (χ1n) is 14.6. The van der Waals surface area contributed by atoms with Gasteiger partial charge in [0.2, 0.25) is 0 Å². The number of unbranched alkanes of at least 4 members (excludes halogenated alkanes) is 1. The molecule has 0 fully saturated rings. The predicted molar refractivity (Wildman–Crippen MR) is 172 cm³/mol. The lowest BCUT2D eigenvalue weighted by Crippen LogP contribution is -2.16. The Morgan fingerprint density at radius 3 is 1.68 bits per heavy atom. The van der Waals surface area contributed by atoms with Crippen LogP contribution in [0, 0.1) is 5.82 Å². The van der Waals surface area contributed by atoms with Crippen LogP contribution in [0.2, 0.25) is 0 Å². The molecule has 0 N–H and O–H groups in total. The number of hydrogen-bond donors (Lipinski definition) is 0. The maximum absolute atomic E-state index is 14.6. The van der Waals surface area contributed by atoms with E-state index >= 15 is 0 Å². The first-order chi connectivity index (χ1) is 21.3. The monoisotopic (exact) mass is 592 g/mol. The molecule has 0 radical (unpaired) electrons. The van der Waals surface area contributed by atoms with Gasteiger partial charge in [0.15, 0.2) is 0 Å². The van der Waals surface area contributed by atoms with Gasteiger partial charge < -0.3 is 4.74 Å². The van der Waals surface area contributed by atoms with E-state index in [1.54, 1.807) is 18.2 Å². The van der Waals surface area contributed by atoms with Crippen LogP contribution < -0.4 is 4.74 Å². The van der Waals surface area contributed by atoms with Crippen LogP contribution in [0.15, 0.2) is 140 Å². The van der Waals surface area contributed by atoms with E-state index < -0.39 is 6.36 Å². The molecule has 0 heterocycles. The molecule has 6 rings (SSSR count). The molecule has 0 bridgehead atoms. The van der Waals surface area contributed by atoms with Crippen molar-refractivity contribution >= 4 is 10.8 Å². The van der Waals surface area contributed by atoms with Gasteiger partial charge in [-0.15, -0.1) is 13.2 Å². The SMILES string of the molecule is CCCCc1ccc(-c2ccc(-c3ccc4cc(OC(F)(F)F)ccc4c3)cc2)c(F)c1.c1ccc(-c2ccccc2)cc1. The highest BCUT2D eigenvalue weighted by molar-refractivity contribution is 5.88. The minimum atomic E-state index is -4.72. The Hall–Kier alpha value is -4.90. The molecule has 6 aromatic rings. The van der Waals surface area contributed by atoms with Gasteiger partial charge >= 0.3 is 6.36 Å². The van der Waals surface area contributed by atoms with Crippen LogP contribution in [0.4, 0.5) is 17.6 Å². The first kappa shape index (κ1) is 30.6. The summed E-state index contributed by atoms with van der Waals surface area (Å²) in [7, 11) is 0. The van der Waals surface area contributed by atoms with Crippen molar-refractivity contribution in [3.8, 4) is 39.1 Å². The Morgan fingerprint density at radius 2 is 1.09 bits per heavy atom. The van der Waals surface area contributed by atoms with Gasteiger partial charge in [-0.1, -0.05) is 129 Å². The van der Waals surface area contributed by atoms with Crippen molar-refractivity contribution in [3.63, 3.8) is 0 Å². The second-order valence-corrected chi connectivity index (χ2v) is 10.5. The van der Waals surface area contributed by atoms with Crippen molar-refractivity contribution in [2.75, 3.05) is 0 Å². The summed E-state index contributed by atoms with van der Waals surface area (Å²) < 4.78 is 55.9. The van der Waals surface area contributed by atoms with Crippen LogP contribution in [0.1, 0.15) is 25.3 Å². The number of fused-ring (bicyclic) bond motifs is 1. The largest absolute Gasteiger partial charge is 0.573 e. The Labute approximate surface area is 255 Å². The second kappa shape index (κ2) is 14.0. The fraction of sp³-hybridized carbons (Fsp3) is 0.128. The molecule has 0 aliphatic rings. The zero-order chi connectivity index (χ0) is 30.9. The van der Waals surface area contributed by atoms with Crippen molar-refractivity contribution in [3.05, 3.63) is 151 Å². The normalized spacial score (nSPS) is 11.1. The van der Waals surface area contributed by atoms with Crippen LogP contribution >= 0.6 is 0 Å². The molecular weight excluding hydrogens is 560 g/mol. The van der Waals surface area contributed by atoms with Gasteiger partial charge in [-0.25, -0.2) is 4.39 Å². The van der Waals surface area contributed by atoms with Gasteiger partial charge in [0.25, 0.3) is 0 Å². The Morgan fingerprint density at radius 1 is 0.545 bits per heavy atom. The summed E-state index contributed by atoms with van der Waals surface area (Å²) in [5.74, 6) is -0.473. The van der Waals surface area contributed by atoms with Crippen LogP contribution in [-0.4, -0.2) is 6.36 Å². The van der Waals surface area contributed by atoms with E-state index in [9.17, 15) is 17.6 Å². The van der Waals surface area contributed by atoms with Crippen LogP contribution in [0.3, 0.4) is 0 Å². The zero-order valence-electron chi connectivity index (χ0n) is 24.3. The number of aryl methyl sites for hydroxylation is 1. The summed E-state index contributed by atoms with van der Waals surface area (Å²) in [5, 5.41) is 1.45. The summed E-state index contributed by atoms with van der Waals surface area (Å²) >= 11 is 0. The summed E-state index contributed by atoms with van der Waals surface area (Å²) in [6.45, 7) is 2.11. The Balaban J connectivity index is 0.000000266. The lowest BCUT2D eigenvalue weighted by molar-refractivity contribution is -0.274. The van der Waals surface area contributed by atoms with E-state index in [1.165, 1.54) is 23.3 Å². The van der Waals surface area contributed by atoms with E-state index in [2.05, 4.69) is 60.2 Å². The highest BCUT2D eigenvalue weighted by atomic mass is 19.4. The van der Waals surface area contributed by atoms with Gasteiger partial charge in [-0.3, -0.25) is 0 Å². The zero-order valence-corrected chi connectivity index (χ0v) is 24.3. The molecule has 44 heavy (non-hydrogen) atoms. The van der Waals surface area contributed by atoms with Crippen molar-refractivity contribution in [1.82, 2.24) is 0 Å². The minimum absolute atomic E-state index is 0.228. The van der Waals surface area contributed by atoms with E-state index in [4.69, 9.17) is 0 Å². The number of benzene rings is 6. The average molecular weight is 593 g/mol. The minimum Gasteiger partial charge on any atom is -0.406 e. The number of ether oxygens (including phenoxy) is 1. The van der Waals surface area contributed by atoms with Gasteiger partial charge in [0.05, 0.1) is 0 Å². The van der Waals surface area contributed by atoms with Crippen molar-refractivity contribution in [2.45, 2.75) is 32.5 Å². The van der Waals surface area contributed by atoms with E-state index in [1.807, 2.05) is 60.7 Å². The van der Waals surface area contributed by atoms with E-state index in [0.29, 0.717) is 10.9 Å². The maximum Gasteiger partial charge on any atom is 0.573 e. The van der Waals surface area contributed by atoms with Crippen LogP contribution in [0.5, 0.6) is 5.75 Å². The van der Waals surface area contributed by atoms with Crippen molar-refractivity contribution in [2.24, 2.45) is 0 Å². The smallest absolute Gasteiger partial charge is 0.406 e. The molecule has 0 saturated carbocycles. The molecule has 0 aliphatic carbocycles. The van der Waals surface area contributed by atoms with E-state index in [-0.39, 0.29) is 11.6 Å². The Kier molecular flexibility index (Phi) is 9.75. The van der Waals surface area contributed by atoms with E-state index in [0.717, 1.165) is 46.9 Å². The van der Waals surface area contributed by atoms with Crippen molar-refractivity contribution in [1.29, 1.82) is 0 Å². The lowest BCUT2D eigenvalue weighted by atomic mass is 9.97. The predicted octanol–water partition coefficient (Wildman–Crippen LogP) is 11.9. The number of rotatable bonds is 7. The maximum atomic E-state index is 14.6. The summed E-state index contributed by atoms with van der Waals surface area (Å²) in [6, 6.07) is 43.6. The third kappa shape index (κ3) is 8.13. The Bertz CT molecular complexity index is 1760.